The van der Waals surface area contributed by atoms with E-state index in [0.717, 1.165) is 5.56 Å². The molecule has 1 aromatic heterocycles. The van der Waals surface area contributed by atoms with Gasteiger partial charge >= 0.3 is 5.97 Å². The number of hydrogen-bond acceptors (Lipinski definition) is 9. The highest BCUT2D eigenvalue weighted by atomic mass is 79.9. The lowest BCUT2D eigenvalue weighted by Gasteiger charge is -2.25. The third-order valence-corrected chi connectivity index (χ3v) is 9.41. The molecule has 1 unspecified atom stereocenters. The van der Waals surface area contributed by atoms with Crippen molar-refractivity contribution in [3.63, 3.8) is 0 Å². The molecule has 4 aromatic rings. The van der Waals surface area contributed by atoms with Gasteiger partial charge in [0.25, 0.3) is 5.56 Å². The van der Waals surface area contributed by atoms with Gasteiger partial charge in [-0.05, 0) is 68.3 Å². The summed E-state index contributed by atoms with van der Waals surface area (Å²) in [4.78, 5) is 32.7. The van der Waals surface area contributed by atoms with Crippen molar-refractivity contribution in [3.8, 4) is 23.0 Å². The van der Waals surface area contributed by atoms with E-state index in [9.17, 15) is 9.59 Å². The van der Waals surface area contributed by atoms with Crippen molar-refractivity contribution < 1.29 is 28.5 Å². The summed E-state index contributed by atoms with van der Waals surface area (Å²) >= 11 is 11.2. The van der Waals surface area contributed by atoms with Crippen LogP contribution in [-0.2, 0) is 16.1 Å². The number of carbonyl (C=O) groups is 1. The summed E-state index contributed by atoms with van der Waals surface area (Å²) in [6.07, 6.45) is 3.40. The molecule has 48 heavy (non-hydrogen) atoms. The fourth-order valence-corrected chi connectivity index (χ4v) is 6.85. The van der Waals surface area contributed by atoms with E-state index in [1.807, 2.05) is 31.2 Å². The van der Waals surface area contributed by atoms with Crippen LogP contribution < -0.4 is 33.8 Å². The first-order chi connectivity index (χ1) is 23.2. The number of esters is 1. The molecule has 0 radical (unpaired) electrons. The van der Waals surface area contributed by atoms with Gasteiger partial charge in [-0.2, -0.15) is 0 Å². The Morgan fingerprint density at radius 2 is 1.81 bits per heavy atom. The van der Waals surface area contributed by atoms with Crippen molar-refractivity contribution in [1.82, 2.24) is 4.57 Å². The number of carbonyl (C=O) groups excluding carboxylic acids is 1. The average Bonchev–Trinajstić information content (AvgIpc) is 3.37. The summed E-state index contributed by atoms with van der Waals surface area (Å²) in [7, 11) is 1.55. The fourth-order valence-electron chi connectivity index (χ4n) is 5.18. The maximum absolute atomic E-state index is 14.2. The van der Waals surface area contributed by atoms with Crippen LogP contribution in [0.25, 0.3) is 6.08 Å². The summed E-state index contributed by atoms with van der Waals surface area (Å²) < 4.78 is 31.4. The molecule has 0 aliphatic carbocycles. The molecule has 1 aliphatic rings. The first-order valence-electron chi connectivity index (χ1n) is 15.1. The van der Waals surface area contributed by atoms with Gasteiger partial charge in [-0.3, -0.25) is 9.36 Å². The maximum Gasteiger partial charge on any atom is 0.338 e. The van der Waals surface area contributed by atoms with Crippen LogP contribution in [0.1, 0.15) is 43.5 Å². The van der Waals surface area contributed by atoms with Crippen LogP contribution in [0.4, 0.5) is 0 Å². The van der Waals surface area contributed by atoms with Crippen LogP contribution in [-0.4, -0.2) is 37.5 Å². The highest BCUT2D eigenvalue weighted by molar-refractivity contribution is 9.10. The smallest absolute Gasteiger partial charge is 0.338 e. The number of nitrogens with zero attached hydrogens (tertiary/aromatic N) is 2. The summed E-state index contributed by atoms with van der Waals surface area (Å²) in [6, 6.07) is 15.5. The lowest BCUT2D eigenvalue weighted by molar-refractivity contribution is -0.139. The molecule has 2 heterocycles. The van der Waals surface area contributed by atoms with Crippen molar-refractivity contribution in [3.05, 3.63) is 124 Å². The Morgan fingerprint density at radius 1 is 1.04 bits per heavy atom. The molecular formula is C36H34BrClN2O7S. The SMILES string of the molecule is C=CCOc1ccc(C2C(C(=O)OCC)=C(C)N=c3s/c(=C\c4cc(OC)c(OCc5ccccc5Cl)cc4Br)c(=O)n32)cc1OCC. The van der Waals surface area contributed by atoms with Gasteiger partial charge in [0.05, 0.1) is 42.2 Å². The molecule has 0 N–H and O–H groups in total. The zero-order chi connectivity index (χ0) is 34.4. The van der Waals surface area contributed by atoms with Crippen LogP contribution in [0.3, 0.4) is 0 Å². The third-order valence-electron chi connectivity index (χ3n) is 7.37. The number of ether oxygens (including phenoxy) is 5. The molecular weight excluding hydrogens is 720 g/mol. The maximum atomic E-state index is 14.2. The molecule has 0 amide bonds. The summed E-state index contributed by atoms with van der Waals surface area (Å²) in [5, 5.41) is 0.605. The summed E-state index contributed by atoms with van der Waals surface area (Å²) in [5.74, 6) is 1.42. The largest absolute Gasteiger partial charge is 0.493 e. The predicted octanol–water partition coefficient (Wildman–Crippen LogP) is 6.77. The summed E-state index contributed by atoms with van der Waals surface area (Å²) in [5.41, 5.74) is 2.55. The number of fused-ring (bicyclic) bond motifs is 1. The number of hydrogen-bond donors (Lipinski definition) is 0. The van der Waals surface area contributed by atoms with Gasteiger partial charge in [0.1, 0.15) is 13.2 Å². The quantitative estimate of drug-likeness (QED) is 0.110. The van der Waals surface area contributed by atoms with E-state index in [4.69, 9.17) is 35.3 Å². The second kappa shape index (κ2) is 15.7. The van der Waals surface area contributed by atoms with Crippen molar-refractivity contribution in [2.24, 2.45) is 4.99 Å². The van der Waals surface area contributed by atoms with E-state index in [0.29, 0.717) is 65.3 Å². The van der Waals surface area contributed by atoms with E-state index >= 15 is 0 Å². The standard InChI is InChI=1S/C36H34BrClN2O7S/c1-6-15-46-27-14-13-22(16-29(27)44-7-2)33-32(35(42)45-8-3)21(4)39-36-40(33)34(41)31(48-36)18-24-17-28(43-5)30(19-25(24)37)47-20-23-11-9-10-12-26(23)38/h6,9-14,16-19,33H,1,7-8,15,20H2,2-5H3/b31-18-. The predicted molar refractivity (Wildman–Crippen MR) is 190 cm³/mol. The molecule has 1 aliphatic heterocycles. The zero-order valence-electron chi connectivity index (χ0n) is 26.9. The van der Waals surface area contributed by atoms with Crippen LogP contribution in [0.2, 0.25) is 5.02 Å². The van der Waals surface area contributed by atoms with Gasteiger partial charge in [-0.25, -0.2) is 9.79 Å². The number of aromatic nitrogens is 1. The minimum atomic E-state index is -0.825. The second-order valence-electron chi connectivity index (χ2n) is 10.4. The Kier molecular flexibility index (Phi) is 11.5. The van der Waals surface area contributed by atoms with Crippen LogP contribution in [0.5, 0.6) is 23.0 Å². The average molecular weight is 754 g/mol. The van der Waals surface area contributed by atoms with Gasteiger partial charge in [-0.15, -0.1) is 0 Å². The lowest BCUT2D eigenvalue weighted by atomic mass is 9.95. The molecule has 0 saturated carbocycles. The second-order valence-corrected chi connectivity index (χ2v) is 12.7. The molecule has 3 aromatic carbocycles. The molecule has 5 rings (SSSR count). The highest BCUT2D eigenvalue weighted by Crippen LogP contribution is 2.37. The molecule has 250 valence electrons. The number of halogens is 2. The minimum absolute atomic E-state index is 0.166. The van der Waals surface area contributed by atoms with Crippen molar-refractivity contribution in [1.29, 1.82) is 0 Å². The Balaban J connectivity index is 1.61. The molecule has 0 fully saturated rings. The number of rotatable bonds is 13. The first kappa shape index (κ1) is 35.0. The van der Waals surface area contributed by atoms with Crippen molar-refractivity contribution in [2.75, 3.05) is 26.9 Å². The fraction of sp³-hybridized carbons (Fsp3) is 0.250. The molecule has 12 heteroatoms. The normalized spacial score (nSPS) is 14.2. The van der Waals surface area contributed by atoms with Crippen molar-refractivity contribution in [2.45, 2.75) is 33.4 Å². The van der Waals surface area contributed by atoms with Crippen molar-refractivity contribution >= 4 is 50.9 Å². The van der Waals surface area contributed by atoms with E-state index in [1.54, 1.807) is 63.4 Å². The monoisotopic (exact) mass is 752 g/mol. The van der Waals surface area contributed by atoms with E-state index in [2.05, 4.69) is 27.5 Å². The number of methoxy groups -OCH3 is 1. The number of allylic oxidation sites excluding steroid dienone is 1. The Morgan fingerprint density at radius 3 is 2.52 bits per heavy atom. The summed E-state index contributed by atoms with van der Waals surface area (Å²) in [6.45, 7) is 10.1. The van der Waals surface area contributed by atoms with Gasteiger partial charge in [0.15, 0.2) is 27.8 Å². The molecule has 0 saturated heterocycles. The zero-order valence-corrected chi connectivity index (χ0v) is 30.0. The van der Waals surface area contributed by atoms with E-state index in [-0.39, 0.29) is 31.0 Å². The van der Waals surface area contributed by atoms with Gasteiger partial charge < -0.3 is 23.7 Å². The first-order valence-corrected chi connectivity index (χ1v) is 17.1. The number of benzene rings is 3. The van der Waals surface area contributed by atoms with Gasteiger partial charge in [0.2, 0.25) is 0 Å². The third kappa shape index (κ3) is 7.38. The Labute approximate surface area is 295 Å². The highest BCUT2D eigenvalue weighted by Gasteiger charge is 2.34. The number of thiazole rings is 1. The molecule has 0 bridgehead atoms. The van der Waals surface area contributed by atoms with Crippen LogP contribution in [0.15, 0.2) is 92.8 Å². The van der Waals surface area contributed by atoms with E-state index in [1.165, 1.54) is 15.9 Å². The molecule has 9 nitrogen and oxygen atoms in total. The van der Waals surface area contributed by atoms with Crippen LogP contribution >= 0.6 is 38.9 Å². The lowest BCUT2D eigenvalue weighted by Crippen LogP contribution is -2.40. The Bertz CT molecular complexity index is 2070. The topological polar surface area (TPSA) is 97.6 Å². The minimum Gasteiger partial charge on any atom is -0.493 e. The van der Waals surface area contributed by atoms with Gasteiger partial charge in [-0.1, -0.05) is 75.8 Å². The molecule has 0 spiro atoms. The Hall–Kier alpha value is -4.32. The molecule has 1 atom stereocenters. The van der Waals surface area contributed by atoms with Crippen LogP contribution in [0, 0.1) is 0 Å². The van der Waals surface area contributed by atoms with Gasteiger partial charge in [0, 0.05) is 15.1 Å². The van der Waals surface area contributed by atoms with E-state index < -0.39 is 12.0 Å².